The summed E-state index contributed by atoms with van der Waals surface area (Å²) in [7, 11) is 0.665. The predicted molar refractivity (Wildman–Crippen MR) is 164 cm³/mol. The molecule has 0 fully saturated rings. The van der Waals surface area contributed by atoms with Gasteiger partial charge in [-0.3, -0.25) is 4.67 Å². The maximum absolute atomic E-state index is 14.3. The first-order valence-corrected chi connectivity index (χ1v) is 16.2. The molecule has 0 saturated heterocycles. The highest BCUT2D eigenvalue weighted by molar-refractivity contribution is 8.00. The average molecular weight is 565 g/mol. The van der Waals surface area contributed by atoms with Crippen molar-refractivity contribution >= 4 is 19.1 Å². The number of hydrogen-bond donors (Lipinski definition) is 0. The van der Waals surface area contributed by atoms with Crippen molar-refractivity contribution in [1.82, 2.24) is 4.67 Å². The van der Waals surface area contributed by atoms with Crippen LogP contribution in [0.25, 0.3) is 0 Å². The van der Waals surface area contributed by atoms with Crippen LogP contribution in [0.2, 0.25) is 0 Å². The van der Waals surface area contributed by atoms with Crippen molar-refractivity contribution < 1.29 is 14.0 Å². The van der Waals surface area contributed by atoms with Crippen LogP contribution in [0.5, 0.6) is 11.5 Å². The molecule has 0 aliphatic carbocycles. The zero-order valence-electron chi connectivity index (χ0n) is 24.0. The Balaban J connectivity index is 2.11. The minimum Gasteiger partial charge on any atom is -0.497 e. The monoisotopic (exact) mass is 564 g/mol. The summed E-state index contributed by atoms with van der Waals surface area (Å²) in [6.45, 7) is 9.29. The van der Waals surface area contributed by atoms with Gasteiger partial charge in [0.15, 0.2) is 7.29 Å². The van der Waals surface area contributed by atoms with Gasteiger partial charge < -0.3 is 14.0 Å². The summed E-state index contributed by atoms with van der Waals surface area (Å²) in [5, 5.41) is 9.35. The number of methoxy groups -OCH3 is 2. The minimum atomic E-state index is -2.69. The van der Waals surface area contributed by atoms with Gasteiger partial charge in [-0.05, 0) is 41.0 Å². The summed E-state index contributed by atoms with van der Waals surface area (Å²) in [6.07, 6.45) is 0.356. The maximum Gasteiger partial charge on any atom is 0.155 e. The average Bonchev–Trinajstić information content (AvgIpc) is 2.97. The molecule has 0 radical (unpaired) electrons. The van der Waals surface area contributed by atoms with Gasteiger partial charge in [0.2, 0.25) is 0 Å². The molecule has 0 atom stereocenters. The van der Waals surface area contributed by atoms with Crippen molar-refractivity contribution in [3.8, 4) is 17.6 Å². The molecule has 0 N–H and O–H groups in total. The summed E-state index contributed by atoms with van der Waals surface area (Å²) >= 11 is 1.83. The summed E-state index contributed by atoms with van der Waals surface area (Å²) in [5.41, 5.74) is 3.45. The van der Waals surface area contributed by atoms with E-state index in [-0.39, 0.29) is 11.3 Å². The van der Waals surface area contributed by atoms with Crippen LogP contribution in [-0.4, -0.2) is 49.1 Å². The number of benzene rings is 3. The molecule has 3 aromatic rings. The van der Waals surface area contributed by atoms with Crippen LogP contribution in [0.3, 0.4) is 0 Å². The van der Waals surface area contributed by atoms with Crippen LogP contribution in [0.4, 0.5) is 0 Å². The zero-order valence-corrected chi connectivity index (χ0v) is 25.7. The number of thioether (sulfide) groups is 1. The molecule has 0 aliphatic heterocycles. The second-order valence-corrected chi connectivity index (χ2v) is 15.4. The molecule has 208 valence electrons. The molecule has 3 rings (SSSR count). The fourth-order valence-corrected chi connectivity index (χ4v) is 10.2. The van der Waals surface area contributed by atoms with E-state index in [1.807, 2.05) is 69.8 Å². The highest BCUT2D eigenvalue weighted by atomic mass is 32.2. The number of nitrogens with zero attached hydrogens (tertiary/aromatic N) is 2. The van der Waals surface area contributed by atoms with Crippen LogP contribution in [-0.2, 0) is 9.31 Å². The maximum atomic E-state index is 14.3. The molecule has 5 nitrogen and oxygen atoms in total. The van der Waals surface area contributed by atoms with Gasteiger partial charge in [0.25, 0.3) is 0 Å². The van der Waals surface area contributed by atoms with E-state index in [4.69, 9.17) is 9.47 Å². The number of ether oxygens (including phenoxy) is 2. The Bertz CT molecular complexity index is 1200. The lowest BCUT2D eigenvalue weighted by Crippen LogP contribution is -2.33. The smallest absolute Gasteiger partial charge is 0.155 e. The van der Waals surface area contributed by atoms with E-state index in [9.17, 15) is 9.83 Å². The molecular weight excluding hydrogens is 523 g/mol. The summed E-state index contributed by atoms with van der Waals surface area (Å²) < 4.78 is 26.8. The number of hydrogen-bond acceptors (Lipinski definition) is 5. The largest absolute Gasteiger partial charge is 0.497 e. The molecule has 0 aliphatic rings. The second-order valence-electron chi connectivity index (χ2n) is 10.1. The van der Waals surface area contributed by atoms with Crippen molar-refractivity contribution in [1.29, 1.82) is 5.26 Å². The van der Waals surface area contributed by atoms with Crippen LogP contribution in [0, 0.1) is 11.3 Å². The lowest BCUT2D eigenvalue weighted by molar-refractivity contribution is 0.414. The third-order valence-electron chi connectivity index (χ3n) is 7.24. The van der Waals surface area contributed by atoms with E-state index in [0.29, 0.717) is 19.5 Å². The highest BCUT2D eigenvalue weighted by Crippen LogP contribution is 2.58. The Hall–Kier alpha value is -2.71. The minimum absolute atomic E-state index is 0.0169. The van der Waals surface area contributed by atoms with Gasteiger partial charge in [-0.15, -0.1) is 11.8 Å². The van der Waals surface area contributed by atoms with E-state index in [2.05, 4.69) is 59.3 Å². The fraction of sp³-hybridized carbons (Fsp3) is 0.406. The molecule has 0 amide bonds. The van der Waals surface area contributed by atoms with Crippen LogP contribution in [0.15, 0.2) is 78.9 Å². The summed E-state index contributed by atoms with van der Waals surface area (Å²) in [6, 6.07) is 29.3. The number of rotatable bonds is 14. The lowest BCUT2D eigenvalue weighted by Gasteiger charge is -2.39. The Kier molecular flexibility index (Phi) is 11.1. The summed E-state index contributed by atoms with van der Waals surface area (Å²) in [5.74, 6) is 2.33. The van der Waals surface area contributed by atoms with Crippen LogP contribution in [0.1, 0.15) is 50.8 Å². The quantitative estimate of drug-likeness (QED) is 0.146. The summed E-state index contributed by atoms with van der Waals surface area (Å²) in [4.78, 5) is 0. The van der Waals surface area contributed by atoms with Crippen molar-refractivity contribution in [3.63, 3.8) is 0 Å². The molecule has 0 bridgehead atoms. The predicted octanol–water partition coefficient (Wildman–Crippen LogP) is 8.04. The Morgan fingerprint density at radius 3 is 1.67 bits per heavy atom. The van der Waals surface area contributed by atoms with Crippen molar-refractivity contribution in [2.24, 2.45) is 0 Å². The first-order valence-electron chi connectivity index (χ1n) is 13.4. The Morgan fingerprint density at radius 1 is 0.795 bits per heavy atom. The standard InChI is InChI=1S/C32H41N2O3PS/c1-25(2)38(35,26(3)4)34(22-10-21-33)23-24-39-32(27-11-8-7-9-12-27,28-13-17-30(36-5)18-14-28)29-15-19-31(37-6)20-16-29/h7-9,11-20,25-26H,10,22-24H2,1-6H3. The Labute approximate surface area is 239 Å². The van der Waals surface area contributed by atoms with Crippen molar-refractivity contribution in [2.45, 2.75) is 50.2 Å². The normalized spacial score (nSPS) is 12.1. The third kappa shape index (κ3) is 6.72. The van der Waals surface area contributed by atoms with Gasteiger partial charge >= 0.3 is 0 Å². The highest BCUT2D eigenvalue weighted by Gasteiger charge is 2.40. The Morgan fingerprint density at radius 2 is 1.26 bits per heavy atom. The van der Waals surface area contributed by atoms with Crippen LogP contribution >= 0.6 is 19.1 Å². The van der Waals surface area contributed by atoms with Crippen LogP contribution < -0.4 is 9.47 Å². The molecule has 39 heavy (non-hydrogen) atoms. The molecular formula is C32H41N2O3PS. The molecule has 0 unspecified atom stereocenters. The van der Waals surface area contributed by atoms with Gasteiger partial charge in [0.1, 0.15) is 11.5 Å². The van der Waals surface area contributed by atoms with Gasteiger partial charge in [-0.1, -0.05) is 82.3 Å². The fourth-order valence-electron chi connectivity index (χ4n) is 5.23. The van der Waals surface area contributed by atoms with Gasteiger partial charge in [0.05, 0.1) is 25.0 Å². The molecule has 0 aromatic heterocycles. The van der Waals surface area contributed by atoms with E-state index in [1.165, 1.54) is 0 Å². The zero-order chi connectivity index (χ0) is 28.5. The van der Waals surface area contributed by atoms with E-state index < -0.39 is 12.0 Å². The number of nitriles is 1. The van der Waals surface area contributed by atoms with E-state index in [1.54, 1.807) is 14.2 Å². The van der Waals surface area contributed by atoms with Gasteiger partial charge in [-0.25, -0.2) is 0 Å². The molecule has 7 heteroatoms. The van der Waals surface area contributed by atoms with Gasteiger partial charge in [-0.2, -0.15) is 5.26 Å². The van der Waals surface area contributed by atoms with E-state index >= 15 is 0 Å². The van der Waals surface area contributed by atoms with Gasteiger partial charge in [0, 0.05) is 36.6 Å². The second kappa shape index (κ2) is 14.1. The lowest BCUT2D eigenvalue weighted by atomic mass is 9.84. The first kappa shape index (κ1) is 30.8. The van der Waals surface area contributed by atoms with Crippen molar-refractivity contribution in [3.05, 3.63) is 95.6 Å². The SMILES string of the molecule is COc1ccc(C(SCCN(CCC#N)P(=O)(C(C)C)C(C)C)(c2ccccc2)c2ccc(OC)cc2)cc1. The third-order valence-corrected chi connectivity index (χ3v) is 13.0. The topological polar surface area (TPSA) is 62.6 Å². The first-order chi connectivity index (χ1) is 18.7. The molecule has 3 aromatic carbocycles. The van der Waals surface area contributed by atoms with Crippen molar-refractivity contribution in [2.75, 3.05) is 33.1 Å². The molecule has 0 spiro atoms. The molecule has 0 saturated carbocycles. The molecule has 0 heterocycles. The van der Waals surface area contributed by atoms with E-state index in [0.717, 1.165) is 33.9 Å².